The quantitative estimate of drug-likeness (QED) is 0.487. The van der Waals surface area contributed by atoms with E-state index in [2.05, 4.69) is 0 Å². The van der Waals surface area contributed by atoms with Crippen molar-refractivity contribution in [1.82, 2.24) is 0 Å². The number of hydrogen-bond donors (Lipinski definition) is 0. The molecule has 0 amide bonds. The number of fused-ring (bicyclic) bond motifs is 2. The summed E-state index contributed by atoms with van der Waals surface area (Å²) in [6, 6.07) is 12.0. The highest BCUT2D eigenvalue weighted by Gasteiger charge is 2.23. The van der Waals surface area contributed by atoms with Crippen LogP contribution in [0.25, 0.3) is 11.0 Å². The lowest BCUT2D eigenvalue weighted by molar-refractivity contribution is 0.0441. The minimum atomic E-state index is -0.715. The predicted molar refractivity (Wildman–Crippen MR) is 94.1 cm³/mol. The van der Waals surface area contributed by atoms with E-state index in [1.165, 1.54) is 7.11 Å². The molecule has 3 aromatic rings. The minimum absolute atomic E-state index is 0.0385. The van der Waals surface area contributed by atoms with E-state index < -0.39 is 12.6 Å². The van der Waals surface area contributed by atoms with Gasteiger partial charge in [0, 0.05) is 23.6 Å². The van der Waals surface area contributed by atoms with Gasteiger partial charge in [0.25, 0.3) is 0 Å². The fraction of sp³-hybridized carbons (Fsp3) is 0.200. The summed E-state index contributed by atoms with van der Waals surface area (Å²) in [6.07, 6.45) is 0. The molecule has 0 saturated heterocycles. The summed E-state index contributed by atoms with van der Waals surface area (Å²) >= 11 is 0. The van der Waals surface area contributed by atoms with Crippen LogP contribution in [0.2, 0.25) is 0 Å². The lowest BCUT2D eigenvalue weighted by Gasteiger charge is -2.05. The second-order valence-corrected chi connectivity index (χ2v) is 5.91. The van der Waals surface area contributed by atoms with Gasteiger partial charge < -0.3 is 23.4 Å². The van der Waals surface area contributed by atoms with Gasteiger partial charge in [-0.3, -0.25) is 4.79 Å². The van der Waals surface area contributed by atoms with Gasteiger partial charge in [0.1, 0.15) is 5.58 Å². The van der Waals surface area contributed by atoms with E-state index in [9.17, 15) is 9.59 Å². The standard InChI is InChI=1S/C20H16O7/c1-23-9-14-13-4-2-3-5-16(13)27-19(14)20(22)24-10-15(21)12-6-7-17-18(8-12)26-11-25-17/h2-8H,9-11H2,1H3. The monoisotopic (exact) mass is 368 g/mol. The maximum atomic E-state index is 12.5. The van der Waals surface area contributed by atoms with Crippen LogP contribution in [0.1, 0.15) is 26.5 Å². The number of Topliss-reactive ketones (excluding diaryl/α,β-unsaturated/α-hetero) is 1. The third-order valence-electron chi connectivity index (χ3n) is 4.20. The van der Waals surface area contributed by atoms with E-state index in [1.54, 1.807) is 30.3 Å². The molecule has 1 aromatic heterocycles. The molecule has 27 heavy (non-hydrogen) atoms. The molecule has 0 saturated carbocycles. The van der Waals surface area contributed by atoms with Gasteiger partial charge in [-0.15, -0.1) is 0 Å². The first-order valence-electron chi connectivity index (χ1n) is 8.26. The number of para-hydroxylation sites is 1. The average molecular weight is 368 g/mol. The lowest BCUT2D eigenvalue weighted by Crippen LogP contribution is -2.15. The van der Waals surface area contributed by atoms with E-state index in [1.807, 2.05) is 12.1 Å². The molecule has 2 aromatic carbocycles. The van der Waals surface area contributed by atoms with E-state index in [0.29, 0.717) is 28.2 Å². The zero-order chi connectivity index (χ0) is 18.8. The molecule has 4 rings (SSSR count). The molecule has 0 spiro atoms. The molecule has 0 radical (unpaired) electrons. The van der Waals surface area contributed by atoms with Gasteiger partial charge in [0.2, 0.25) is 12.6 Å². The summed E-state index contributed by atoms with van der Waals surface area (Å²) in [7, 11) is 1.53. The van der Waals surface area contributed by atoms with Crippen molar-refractivity contribution in [3.8, 4) is 11.5 Å². The van der Waals surface area contributed by atoms with Crippen molar-refractivity contribution in [3.05, 3.63) is 59.4 Å². The van der Waals surface area contributed by atoms with Crippen LogP contribution in [0.5, 0.6) is 11.5 Å². The first kappa shape index (κ1) is 17.1. The number of esters is 1. The topological polar surface area (TPSA) is 84.2 Å². The highest BCUT2D eigenvalue weighted by molar-refractivity contribution is 6.01. The van der Waals surface area contributed by atoms with Crippen LogP contribution < -0.4 is 9.47 Å². The lowest BCUT2D eigenvalue weighted by atomic mass is 10.1. The van der Waals surface area contributed by atoms with Crippen LogP contribution in [-0.4, -0.2) is 32.3 Å². The van der Waals surface area contributed by atoms with Gasteiger partial charge in [0.15, 0.2) is 23.9 Å². The molecule has 138 valence electrons. The summed E-state index contributed by atoms with van der Waals surface area (Å²) in [5.41, 5.74) is 1.51. The maximum absolute atomic E-state index is 12.5. The number of carbonyl (C=O) groups excluding carboxylic acids is 2. The molecule has 0 atom stereocenters. The molecule has 0 unspecified atom stereocenters. The number of methoxy groups -OCH3 is 1. The first-order valence-corrected chi connectivity index (χ1v) is 8.26. The molecule has 7 nitrogen and oxygen atoms in total. The molecule has 1 aliphatic heterocycles. The summed E-state index contributed by atoms with van der Waals surface area (Å²) in [5, 5.41) is 0.772. The Kier molecular flexibility index (Phi) is 4.52. The Morgan fingerprint density at radius 2 is 1.89 bits per heavy atom. The number of carbonyl (C=O) groups is 2. The Bertz CT molecular complexity index is 1020. The van der Waals surface area contributed by atoms with Crippen LogP contribution in [0.3, 0.4) is 0 Å². The largest absolute Gasteiger partial charge is 0.454 e. The summed E-state index contributed by atoms with van der Waals surface area (Å²) in [4.78, 5) is 24.8. The third kappa shape index (κ3) is 3.24. The average Bonchev–Trinajstić information content (AvgIpc) is 3.30. The Balaban J connectivity index is 1.50. The van der Waals surface area contributed by atoms with E-state index in [0.717, 1.165) is 5.39 Å². The van der Waals surface area contributed by atoms with E-state index in [4.69, 9.17) is 23.4 Å². The first-order chi connectivity index (χ1) is 13.2. The van der Waals surface area contributed by atoms with Crippen LogP contribution in [0.4, 0.5) is 0 Å². The second kappa shape index (κ2) is 7.13. The molecule has 2 heterocycles. The van der Waals surface area contributed by atoms with Gasteiger partial charge >= 0.3 is 5.97 Å². The Hall–Kier alpha value is -3.32. The Labute approximate surface area is 154 Å². The van der Waals surface area contributed by atoms with Crippen LogP contribution in [0, 0.1) is 0 Å². The molecular weight excluding hydrogens is 352 g/mol. The SMILES string of the molecule is COCc1c(C(=O)OCC(=O)c2ccc3c(c2)OCO3)oc2ccccc12. The van der Waals surface area contributed by atoms with Gasteiger partial charge in [-0.1, -0.05) is 18.2 Å². The molecule has 1 aliphatic rings. The zero-order valence-electron chi connectivity index (χ0n) is 14.5. The van der Waals surface area contributed by atoms with Gasteiger partial charge in [-0.2, -0.15) is 0 Å². The molecule has 0 bridgehead atoms. The van der Waals surface area contributed by atoms with Crippen LogP contribution in [-0.2, 0) is 16.1 Å². The molecule has 0 aliphatic carbocycles. The molecule has 0 fully saturated rings. The number of furan rings is 1. The second-order valence-electron chi connectivity index (χ2n) is 5.91. The zero-order valence-corrected chi connectivity index (χ0v) is 14.5. The summed E-state index contributed by atoms with van der Waals surface area (Å²) in [5.74, 6) is 0.0387. The normalized spacial score (nSPS) is 12.3. The fourth-order valence-electron chi connectivity index (χ4n) is 2.90. The van der Waals surface area contributed by atoms with Crippen molar-refractivity contribution < 1.29 is 33.0 Å². The van der Waals surface area contributed by atoms with Gasteiger partial charge in [-0.05, 0) is 24.3 Å². The van der Waals surface area contributed by atoms with Gasteiger partial charge in [0.05, 0.1) is 6.61 Å². The van der Waals surface area contributed by atoms with Crippen molar-refractivity contribution in [1.29, 1.82) is 0 Å². The van der Waals surface area contributed by atoms with Crippen LogP contribution in [0.15, 0.2) is 46.9 Å². The van der Waals surface area contributed by atoms with Crippen molar-refractivity contribution in [2.45, 2.75) is 6.61 Å². The smallest absolute Gasteiger partial charge is 0.375 e. The van der Waals surface area contributed by atoms with Crippen molar-refractivity contribution in [3.63, 3.8) is 0 Å². The Morgan fingerprint density at radius 1 is 1.07 bits per heavy atom. The van der Waals surface area contributed by atoms with Gasteiger partial charge in [-0.25, -0.2) is 4.79 Å². The number of rotatable bonds is 6. The number of ether oxygens (including phenoxy) is 4. The van der Waals surface area contributed by atoms with Crippen LogP contribution >= 0.6 is 0 Å². The highest BCUT2D eigenvalue weighted by Crippen LogP contribution is 2.32. The highest BCUT2D eigenvalue weighted by atomic mass is 16.7. The Morgan fingerprint density at radius 3 is 2.74 bits per heavy atom. The van der Waals surface area contributed by atoms with Crippen molar-refractivity contribution >= 4 is 22.7 Å². The summed E-state index contributed by atoms with van der Waals surface area (Å²) in [6.45, 7) is -0.101. The van der Waals surface area contributed by atoms with Crippen molar-refractivity contribution in [2.24, 2.45) is 0 Å². The maximum Gasteiger partial charge on any atom is 0.375 e. The molecule has 0 N–H and O–H groups in total. The molecule has 7 heteroatoms. The van der Waals surface area contributed by atoms with E-state index >= 15 is 0 Å². The number of ketones is 1. The number of hydrogen-bond acceptors (Lipinski definition) is 7. The van der Waals surface area contributed by atoms with Crippen molar-refractivity contribution in [2.75, 3.05) is 20.5 Å². The van der Waals surface area contributed by atoms with E-state index in [-0.39, 0.29) is 24.9 Å². The molecular formula is C20H16O7. The predicted octanol–water partition coefficient (Wildman–Crippen LogP) is 3.35. The number of benzene rings is 2. The minimum Gasteiger partial charge on any atom is -0.454 e. The summed E-state index contributed by atoms with van der Waals surface area (Å²) < 4.78 is 26.4. The third-order valence-corrected chi connectivity index (χ3v) is 4.20. The fourth-order valence-corrected chi connectivity index (χ4v) is 2.90.